The third-order valence-electron chi connectivity index (χ3n) is 1.32. The number of hydrogen-bond acceptors (Lipinski definition) is 6. The number of methoxy groups -OCH3 is 1. The van der Waals surface area contributed by atoms with Crippen molar-refractivity contribution >= 4 is 23.7 Å². The molecule has 0 aromatic heterocycles. The standard InChI is InChI=1S/C9H13NO6/c1-4-15-8(12)7(5-16-6(2)11)10-9(13)14-3/h4-5H2,1-3H3/b10-7-. The van der Waals surface area contributed by atoms with E-state index in [4.69, 9.17) is 0 Å². The van der Waals surface area contributed by atoms with Crippen molar-refractivity contribution in [2.45, 2.75) is 13.8 Å². The molecule has 0 radical (unpaired) electrons. The predicted octanol–water partition coefficient (Wildman–Crippen LogP) is 0.320. The zero-order valence-electron chi connectivity index (χ0n) is 9.31. The summed E-state index contributed by atoms with van der Waals surface area (Å²) in [6.45, 7) is 2.46. The van der Waals surface area contributed by atoms with Crippen LogP contribution < -0.4 is 0 Å². The summed E-state index contributed by atoms with van der Waals surface area (Å²) >= 11 is 0. The van der Waals surface area contributed by atoms with Gasteiger partial charge in [-0.3, -0.25) is 4.79 Å². The number of carbonyl (C=O) groups is 3. The second-order valence-corrected chi connectivity index (χ2v) is 2.53. The van der Waals surface area contributed by atoms with Crippen LogP contribution in [0.4, 0.5) is 4.79 Å². The summed E-state index contributed by atoms with van der Waals surface area (Å²) in [7, 11) is 1.11. The van der Waals surface area contributed by atoms with E-state index in [1.54, 1.807) is 6.92 Å². The number of esters is 2. The Bertz CT molecular complexity index is 309. The van der Waals surface area contributed by atoms with Crippen LogP contribution in [0.5, 0.6) is 0 Å². The molecule has 0 aromatic rings. The smallest absolute Gasteiger partial charge is 0.433 e. The fourth-order valence-corrected chi connectivity index (χ4v) is 0.677. The lowest BCUT2D eigenvalue weighted by Gasteiger charge is -2.05. The van der Waals surface area contributed by atoms with E-state index in [0.717, 1.165) is 7.11 Å². The Kier molecular flexibility index (Phi) is 6.50. The molecule has 0 saturated heterocycles. The van der Waals surface area contributed by atoms with E-state index in [0.29, 0.717) is 0 Å². The SMILES string of the molecule is CCOC(=O)/C(COC(C)=O)=N\C(=O)OC. The highest BCUT2D eigenvalue weighted by atomic mass is 16.6. The summed E-state index contributed by atoms with van der Waals surface area (Å²) in [5.74, 6) is -1.42. The number of nitrogens with zero attached hydrogens (tertiary/aromatic N) is 1. The molecule has 0 aliphatic heterocycles. The van der Waals surface area contributed by atoms with E-state index in [9.17, 15) is 14.4 Å². The Balaban J connectivity index is 4.62. The second kappa shape index (κ2) is 7.38. The minimum Gasteiger partial charge on any atom is -0.461 e. The quantitative estimate of drug-likeness (QED) is 0.393. The van der Waals surface area contributed by atoms with Crippen LogP contribution in [0.1, 0.15) is 13.8 Å². The highest BCUT2D eigenvalue weighted by Crippen LogP contribution is 1.92. The number of aliphatic imine (C=N–C) groups is 1. The largest absolute Gasteiger partial charge is 0.461 e. The minimum atomic E-state index is -0.963. The van der Waals surface area contributed by atoms with Crippen LogP contribution in [0.2, 0.25) is 0 Å². The van der Waals surface area contributed by atoms with E-state index in [1.807, 2.05) is 0 Å². The maximum atomic E-state index is 11.3. The summed E-state index contributed by atoms with van der Waals surface area (Å²) in [6, 6.07) is 0. The summed E-state index contributed by atoms with van der Waals surface area (Å²) in [4.78, 5) is 35.9. The number of amides is 1. The Morgan fingerprint density at radius 1 is 1.19 bits per heavy atom. The molecule has 7 heteroatoms. The number of carbonyl (C=O) groups excluding carboxylic acids is 3. The van der Waals surface area contributed by atoms with E-state index in [-0.39, 0.29) is 12.3 Å². The van der Waals surface area contributed by atoms with Crippen LogP contribution >= 0.6 is 0 Å². The first kappa shape index (κ1) is 14.1. The van der Waals surface area contributed by atoms with E-state index in [1.165, 1.54) is 6.92 Å². The first-order chi connectivity index (χ1) is 7.51. The molecule has 0 aliphatic carbocycles. The lowest BCUT2D eigenvalue weighted by molar-refractivity contribution is -0.140. The average molecular weight is 231 g/mol. The molecule has 0 aliphatic rings. The van der Waals surface area contributed by atoms with Gasteiger partial charge in [-0.2, -0.15) is 4.99 Å². The van der Waals surface area contributed by atoms with Crippen molar-refractivity contribution < 1.29 is 28.6 Å². The molecule has 0 atom stereocenters. The fraction of sp³-hybridized carbons (Fsp3) is 0.556. The van der Waals surface area contributed by atoms with E-state index < -0.39 is 24.6 Å². The molecule has 0 rings (SSSR count). The van der Waals surface area contributed by atoms with Gasteiger partial charge in [0.15, 0.2) is 5.71 Å². The van der Waals surface area contributed by atoms with Crippen LogP contribution in [0.15, 0.2) is 4.99 Å². The molecule has 7 nitrogen and oxygen atoms in total. The third kappa shape index (κ3) is 5.74. The Labute approximate surface area is 92.4 Å². The van der Waals surface area contributed by atoms with Crippen LogP contribution in [0.3, 0.4) is 0 Å². The normalized spacial score (nSPS) is 10.6. The summed E-state index contributed by atoms with van der Waals surface area (Å²) in [5.41, 5.74) is -0.316. The van der Waals surface area contributed by atoms with Crippen LogP contribution in [0.25, 0.3) is 0 Å². The predicted molar refractivity (Wildman–Crippen MR) is 53.1 cm³/mol. The van der Waals surface area contributed by atoms with Gasteiger partial charge in [-0.15, -0.1) is 0 Å². The molecule has 0 aromatic carbocycles. The summed E-state index contributed by atoms with van der Waals surface area (Å²) < 4.78 is 13.4. The van der Waals surface area contributed by atoms with Gasteiger partial charge in [-0.25, -0.2) is 9.59 Å². The van der Waals surface area contributed by atoms with Crippen LogP contribution in [-0.4, -0.2) is 44.1 Å². The maximum Gasteiger partial charge on any atom is 0.433 e. The van der Waals surface area contributed by atoms with Gasteiger partial charge in [0.2, 0.25) is 0 Å². The topological polar surface area (TPSA) is 91.3 Å². The molecule has 0 spiro atoms. The average Bonchev–Trinajstić information content (AvgIpc) is 2.23. The molecule has 1 amide bonds. The molecule has 0 fully saturated rings. The summed E-state index contributed by atoms with van der Waals surface area (Å²) in [5, 5.41) is 0. The first-order valence-corrected chi connectivity index (χ1v) is 4.47. The van der Waals surface area contributed by atoms with Gasteiger partial charge in [0.05, 0.1) is 13.7 Å². The zero-order chi connectivity index (χ0) is 12.6. The van der Waals surface area contributed by atoms with Crippen molar-refractivity contribution in [2.24, 2.45) is 4.99 Å². The van der Waals surface area contributed by atoms with Crippen molar-refractivity contribution in [1.29, 1.82) is 0 Å². The Morgan fingerprint density at radius 2 is 1.81 bits per heavy atom. The molecule has 0 unspecified atom stereocenters. The van der Waals surface area contributed by atoms with Crippen molar-refractivity contribution in [3.8, 4) is 0 Å². The summed E-state index contributed by atoms with van der Waals surface area (Å²) in [6.07, 6.45) is -0.963. The van der Waals surface area contributed by atoms with Gasteiger partial charge < -0.3 is 14.2 Å². The fourth-order valence-electron chi connectivity index (χ4n) is 0.677. The van der Waals surface area contributed by atoms with Gasteiger partial charge in [0.1, 0.15) is 6.61 Å². The van der Waals surface area contributed by atoms with Gasteiger partial charge in [-0.05, 0) is 6.92 Å². The lowest BCUT2D eigenvalue weighted by Crippen LogP contribution is -2.25. The van der Waals surface area contributed by atoms with Crippen molar-refractivity contribution in [1.82, 2.24) is 0 Å². The van der Waals surface area contributed by atoms with Crippen molar-refractivity contribution in [3.63, 3.8) is 0 Å². The van der Waals surface area contributed by atoms with Gasteiger partial charge in [-0.1, -0.05) is 0 Å². The van der Waals surface area contributed by atoms with Crippen molar-refractivity contribution in [2.75, 3.05) is 20.3 Å². The molecular formula is C9H13NO6. The monoisotopic (exact) mass is 231 g/mol. The number of rotatable bonds is 4. The maximum absolute atomic E-state index is 11.3. The molecule has 0 saturated carbocycles. The molecule has 0 N–H and O–H groups in total. The van der Waals surface area contributed by atoms with E-state index in [2.05, 4.69) is 19.2 Å². The first-order valence-electron chi connectivity index (χ1n) is 4.47. The zero-order valence-corrected chi connectivity index (χ0v) is 9.31. The lowest BCUT2D eigenvalue weighted by atomic mass is 10.4. The molecular weight excluding hydrogens is 218 g/mol. The number of ether oxygens (including phenoxy) is 3. The molecule has 0 bridgehead atoms. The van der Waals surface area contributed by atoms with Crippen molar-refractivity contribution in [3.05, 3.63) is 0 Å². The van der Waals surface area contributed by atoms with Crippen LogP contribution in [-0.2, 0) is 23.8 Å². The van der Waals surface area contributed by atoms with Gasteiger partial charge >= 0.3 is 18.0 Å². The molecule has 90 valence electrons. The van der Waals surface area contributed by atoms with E-state index >= 15 is 0 Å². The highest BCUT2D eigenvalue weighted by Gasteiger charge is 2.16. The highest BCUT2D eigenvalue weighted by molar-refractivity contribution is 6.38. The Morgan fingerprint density at radius 3 is 2.25 bits per heavy atom. The Hall–Kier alpha value is -1.92. The number of hydrogen-bond donors (Lipinski definition) is 0. The second-order valence-electron chi connectivity index (χ2n) is 2.53. The van der Waals surface area contributed by atoms with Gasteiger partial charge in [0, 0.05) is 6.92 Å². The molecule has 16 heavy (non-hydrogen) atoms. The minimum absolute atomic E-state index is 0.124. The molecule has 0 heterocycles. The third-order valence-corrected chi connectivity index (χ3v) is 1.32. The van der Waals surface area contributed by atoms with Crippen LogP contribution in [0, 0.1) is 0 Å². The van der Waals surface area contributed by atoms with Gasteiger partial charge in [0.25, 0.3) is 0 Å².